The molecule has 0 bridgehead atoms. The molecule has 2 aromatic rings. The first kappa shape index (κ1) is 13.9. The van der Waals surface area contributed by atoms with Gasteiger partial charge in [-0.15, -0.1) is 0 Å². The molecule has 0 fully saturated rings. The first-order valence-electron chi connectivity index (χ1n) is 6.54. The molecule has 1 aliphatic rings. The highest BCUT2D eigenvalue weighted by Crippen LogP contribution is 2.43. The Kier molecular flexibility index (Phi) is 3.74. The number of fused-ring (bicyclic) bond motifs is 1. The SMILES string of the molecule is NC(c1ccc(Cl)cc1Cl)C1Cc2ccccc2C1O. The maximum Gasteiger partial charge on any atom is 0.0842 e. The summed E-state index contributed by atoms with van der Waals surface area (Å²) in [5.41, 5.74) is 9.29. The Hall–Kier alpha value is -1.06. The zero-order valence-corrected chi connectivity index (χ0v) is 12.3. The number of aliphatic hydroxyl groups is 1. The highest BCUT2D eigenvalue weighted by atomic mass is 35.5. The molecule has 2 nitrogen and oxygen atoms in total. The van der Waals surface area contributed by atoms with Crippen LogP contribution in [0, 0.1) is 5.92 Å². The summed E-state index contributed by atoms with van der Waals surface area (Å²) in [6.07, 6.45) is 0.213. The van der Waals surface area contributed by atoms with E-state index in [2.05, 4.69) is 0 Å². The third kappa shape index (κ3) is 2.33. The van der Waals surface area contributed by atoms with Gasteiger partial charge in [0.15, 0.2) is 0 Å². The van der Waals surface area contributed by atoms with Gasteiger partial charge < -0.3 is 10.8 Å². The van der Waals surface area contributed by atoms with Gasteiger partial charge in [0.2, 0.25) is 0 Å². The van der Waals surface area contributed by atoms with E-state index in [0.717, 1.165) is 23.1 Å². The van der Waals surface area contributed by atoms with E-state index in [0.29, 0.717) is 10.0 Å². The predicted octanol–water partition coefficient (Wildman–Crippen LogP) is 3.90. The molecule has 4 heteroatoms. The lowest BCUT2D eigenvalue weighted by Crippen LogP contribution is -2.25. The molecule has 2 aromatic carbocycles. The van der Waals surface area contributed by atoms with Crippen LogP contribution in [0.25, 0.3) is 0 Å². The molecule has 0 amide bonds. The van der Waals surface area contributed by atoms with Gasteiger partial charge in [-0.25, -0.2) is 0 Å². The first-order chi connectivity index (χ1) is 9.58. The zero-order chi connectivity index (χ0) is 14.3. The Bertz CT molecular complexity index is 644. The molecule has 20 heavy (non-hydrogen) atoms. The van der Waals surface area contributed by atoms with Crippen molar-refractivity contribution in [2.45, 2.75) is 18.6 Å². The van der Waals surface area contributed by atoms with E-state index in [9.17, 15) is 5.11 Å². The topological polar surface area (TPSA) is 46.2 Å². The van der Waals surface area contributed by atoms with Crippen molar-refractivity contribution in [3.8, 4) is 0 Å². The lowest BCUT2D eigenvalue weighted by molar-refractivity contribution is 0.108. The van der Waals surface area contributed by atoms with Crippen molar-refractivity contribution in [2.75, 3.05) is 0 Å². The molecule has 3 rings (SSSR count). The lowest BCUT2D eigenvalue weighted by Gasteiger charge is -2.24. The summed E-state index contributed by atoms with van der Waals surface area (Å²) in [6.45, 7) is 0. The quantitative estimate of drug-likeness (QED) is 0.884. The van der Waals surface area contributed by atoms with Gasteiger partial charge in [0.25, 0.3) is 0 Å². The molecule has 3 atom stereocenters. The van der Waals surface area contributed by atoms with Crippen molar-refractivity contribution in [2.24, 2.45) is 11.7 Å². The highest BCUT2D eigenvalue weighted by Gasteiger charge is 2.35. The molecular formula is C16H15Cl2NO. The molecule has 104 valence electrons. The summed E-state index contributed by atoms with van der Waals surface area (Å²) in [7, 11) is 0. The van der Waals surface area contributed by atoms with Crippen molar-refractivity contribution in [1.82, 2.24) is 0 Å². The fourth-order valence-corrected chi connectivity index (χ4v) is 3.47. The van der Waals surface area contributed by atoms with Crippen molar-refractivity contribution < 1.29 is 5.11 Å². The van der Waals surface area contributed by atoms with Crippen LogP contribution < -0.4 is 5.73 Å². The van der Waals surface area contributed by atoms with E-state index in [4.69, 9.17) is 28.9 Å². The van der Waals surface area contributed by atoms with Gasteiger partial charge in [-0.05, 0) is 35.2 Å². The molecule has 0 heterocycles. The van der Waals surface area contributed by atoms with Crippen molar-refractivity contribution >= 4 is 23.2 Å². The average Bonchev–Trinajstić information content (AvgIpc) is 2.76. The standard InChI is InChI=1S/C16H15Cl2NO/c17-10-5-6-12(14(18)8-10)15(19)13-7-9-3-1-2-4-11(9)16(13)20/h1-6,8,13,15-16,20H,7,19H2. The van der Waals surface area contributed by atoms with E-state index < -0.39 is 6.10 Å². The normalized spacial score (nSPS) is 22.6. The molecule has 1 aliphatic carbocycles. The summed E-state index contributed by atoms with van der Waals surface area (Å²) in [5, 5.41) is 11.6. The molecular weight excluding hydrogens is 293 g/mol. The molecule has 0 spiro atoms. The molecule has 0 radical (unpaired) electrons. The maximum absolute atomic E-state index is 10.5. The average molecular weight is 308 g/mol. The van der Waals surface area contributed by atoms with Crippen LogP contribution in [-0.2, 0) is 6.42 Å². The number of nitrogens with two attached hydrogens (primary N) is 1. The van der Waals surface area contributed by atoms with Crippen LogP contribution in [0.5, 0.6) is 0 Å². The van der Waals surface area contributed by atoms with Gasteiger partial charge in [0.05, 0.1) is 6.10 Å². The second-order valence-corrected chi connectivity index (χ2v) is 6.05. The van der Waals surface area contributed by atoms with E-state index >= 15 is 0 Å². The zero-order valence-electron chi connectivity index (χ0n) is 10.8. The van der Waals surface area contributed by atoms with Gasteiger partial charge in [-0.2, -0.15) is 0 Å². The van der Waals surface area contributed by atoms with Crippen LogP contribution in [0.15, 0.2) is 42.5 Å². The summed E-state index contributed by atoms with van der Waals surface area (Å²) in [5.74, 6) is -0.0638. The van der Waals surface area contributed by atoms with Crippen LogP contribution in [0.2, 0.25) is 10.0 Å². The van der Waals surface area contributed by atoms with Crippen LogP contribution in [0.1, 0.15) is 28.8 Å². The minimum atomic E-state index is -0.548. The number of hydrogen-bond donors (Lipinski definition) is 2. The van der Waals surface area contributed by atoms with Gasteiger partial charge in [0.1, 0.15) is 0 Å². The second kappa shape index (κ2) is 5.38. The third-order valence-electron chi connectivity index (χ3n) is 4.02. The molecule has 0 saturated heterocycles. The largest absolute Gasteiger partial charge is 0.388 e. The summed E-state index contributed by atoms with van der Waals surface area (Å²) < 4.78 is 0. The number of rotatable bonds is 2. The van der Waals surface area contributed by atoms with Crippen molar-refractivity contribution in [3.63, 3.8) is 0 Å². The Labute approximate surface area is 128 Å². The minimum absolute atomic E-state index is 0.0638. The predicted molar refractivity (Wildman–Crippen MR) is 82.0 cm³/mol. The molecule has 3 unspecified atom stereocenters. The van der Waals surface area contributed by atoms with Crippen molar-refractivity contribution in [1.29, 1.82) is 0 Å². The molecule has 0 saturated carbocycles. The van der Waals surface area contributed by atoms with E-state index in [1.807, 2.05) is 30.3 Å². The minimum Gasteiger partial charge on any atom is -0.388 e. The van der Waals surface area contributed by atoms with E-state index in [1.165, 1.54) is 0 Å². The maximum atomic E-state index is 10.5. The van der Waals surface area contributed by atoms with Crippen LogP contribution in [0.3, 0.4) is 0 Å². The van der Waals surface area contributed by atoms with E-state index in [1.54, 1.807) is 12.1 Å². The Morgan fingerprint density at radius 1 is 1.15 bits per heavy atom. The summed E-state index contributed by atoms with van der Waals surface area (Å²) >= 11 is 12.1. The van der Waals surface area contributed by atoms with E-state index in [-0.39, 0.29) is 12.0 Å². The van der Waals surface area contributed by atoms with Gasteiger partial charge in [-0.1, -0.05) is 53.5 Å². The first-order valence-corrected chi connectivity index (χ1v) is 7.30. The Balaban J connectivity index is 1.91. The molecule has 0 aliphatic heterocycles. The number of halogens is 2. The summed E-state index contributed by atoms with van der Waals surface area (Å²) in [6, 6.07) is 12.9. The number of hydrogen-bond acceptors (Lipinski definition) is 2. The fraction of sp³-hybridized carbons (Fsp3) is 0.250. The van der Waals surface area contributed by atoms with Gasteiger partial charge >= 0.3 is 0 Å². The van der Waals surface area contributed by atoms with Crippen LogP contribution >= 0.6 is 23.2 Å². The molecule has 0 aromatic heterocycles. The van der Waals surface area contributed by atoms with Crippen LogP contribution in [0.4, 0.5) is 0 Å². The monoisotopic (exact) mass is 307 g/mol. The smallest absolute Gasteiger partial charge is 0.0842 e. The lowest BCUT2D eigenvalue weighted by atomic mass is 9.89. The molecule has 3 N–H and O–H groups in total. The third-order valence-corrected chi connectivity index (χ3v) is 4.58. The summed E-state index contributed by atoms with van der Waals surface area (Å²) in [4.78, 5) is 0. The Morgan fingerprint density at radius 2 is 1.90 bits per heavy atom. The fourth-order valence-electron chi connectivity index (χ4n) is 2.93. The Morgan fingerprint density at radius 3 is 2.60 bits per heavy atom. The van der Waals surface area contributed by atoms with Crippen LogP contribution in [-0.4, -0.2) is 5.11 Å². The number of benzene rings is 2. The highest BCUT2D eigenvalue weighted by molar-refractivity contribution is 6.35. The van der Waals surface area contributed by atoms with Gasteiger partial charge in [-0.3, -0.25) is 0 Å². The second-order valence-electron chi connectivity index (χ2n) is 5.20. The van der Waals surface area contributed by atoms with Gasteiger partial charge in [0, 0.05) is 22.0 Å². The number of aliphatic hydroxyl groups excluding tert-OH is 1. The van der Waals surface area contributed by atoms with Crippen molar-refractivity contribution in [3.05, 3.63) is 69.2 Å².